The number of hydrogen-bond donors (Lipinski definition) is 2. The number of carbonyl (C=O) groups excluding carboxylic acids is 1. The van der Waals surface area contributed by atoms with Crippen LogP contribution in [-0.2, 0) is 9.59 Å². The second-order valence-electron chi connectivity index (χ2n) is 5.32. The smallest absolute Gasteiger partial charge is 0.305 e. The molecule has 0 radical (unpaired) electrons. The number of amides is 1. The second-order valence-corrected chi connectivity index (χ2v) is 6.37. The summed E-state index contributed by atoms with van der Waals surface area (Å²) in [6, 6.07) is 16.1. The van der Waals surface area contributed by atoms with E-state index in [1.807, 2.05) is 61.5 Å². The van der Waals surface area contributed by atoms with E-state index < -0.39 is 12.0 Å². The molecule has 1 amide bonds. The van der Waals surface area contributed by atoms with E-state index in [0.29, 0.717) is 6.61 Å². The van der Waals surface area contributed by atoms with Gasteiger partial charge in [0.05, 0.1) is 24.8 Å². The maximum atomic E-state index is 12.2. The SMILES string of the molecule is CCOc1ccc(SCC(=O)NC(CC(=O)O)c2ccccc2)cc1. The standard InChI is InChI=1S/C19H21NO4S/c1-2-24-15-8-10-16(11-9-15)25-13-18(21)20-17(12-19(22)23)14-6-4-3-5-7-14/h3-11,17H,2,12-13H2,1H3,(H,20,21)(H,22,23). The van der Waals surface area contributed by atoms with Gasteiger partial charge in [-0.3, -0.25) is 9.59 Å². The highest BCUT2D eigenvalue weighted by molar-refractivity contribution is 8.00. The molecule has 132 valence electrons. The van der Waals surface area contributed by atoms with Crippen LogP contribution in [0.4, 0.5) is 0 Å². The first-order chi connectivity index (χ1) is 12.1. The number of hydrogen-bond acceptors (Lipinski definition) is 4. The molecule has 5 nitrogen and oxygen atoms in total. The van der Waals surface area contributed by atoms with Crippen LogP contribution in [0.2, 0.25) is 0 Å². The van der Waals surface area contributed by atoms with Crippen molar-refractivity contribution >= 4 is 23.6 Å². The molecule has 0 heterocycles. The second kappa shape index (κ2) is 9.74. The van der Waals surface area contributed by atoms with Crippen LogP contribution in [0.25, 0.3) is 0 Å². The molecule has 25 heavy (non-hydrogen) atoms. The third-order valence-corrected chi connectivity index (χ3v) is 4.43. The lowest BCUT2D eigenvalue weighted by molar-refractivity contribution is -0.137. The maximum Gasteiger partial charge on any atom is 0.305 e. The Hall–Kier alpha value is -2.47. The van der Waals surface area contributed by atoms with Crippen molar-refractivity contribution in [2.24, 2.45) is 0 Å². The van der Waals surface area contributed by atoms with Crippen molar-refractivity contribution < 1.29 is 19.4 Å². The Morgan fingerprint density at radius 1 is 1.12 bits per heavy atom. The summed E-state index contributed by atoms with van der Waals surface area (Å²) in [5.74, 6) is -0.138. The van der Waals surface area contributed by atoms with Gasteiger partial charge in [-0.15, -0.1) is 11.8 Å². The molecule has 0 bridgehead atoms. The fourth-order valence-electron chi connectivity index (χ4n) is 2.30. The molecule has 1 atom stereocenters. The first-order valence-electron chi connectivity index (χ1n) is 8.00. The Balaban J connectivity index is 1.91. The van der Waals surface area contributed by atoms with Gasteiger partial charge in [-0.25, -0.2) is 0 Å². The van der Waals surface area contributed by atoms with Crippen molar-refractivity contribution in [2.45, 2.75) is 24.3 Å². The highest BCUT2D eigenvalue weighted by Gasteiger charge is 2.17. The monoisotopic (exact) mass is 359 g/mol. The lowest BCUT2D eigenvalue weighted by atomic mass is 10.0. The van der Waals surface area contributed by atoms with Gasteiger partial charge in [0.2, 0.25) is 5.91 Å². The number of aliphatic carboxylic acids is 1. The molecule has 2 N–H and O–H groups in total. The van der Waals surface area contributed by atoms with E-state index in [2.05, 4.69) is 5.32 Å². The Kier molecular flexibility index (Phi) is 7.35. The molecule has 0 spiro atoms. The third-order valence-electron chi connectivity index (χ3n) is 3.42. The minimum Gasteiger partial charge on any atom is -0.494 e. The Morgan fingerprint density at radius 3 is 2.40 bits per heavy atom. The quantitative estimate of drug-likeness (QED) is 0.670. The van der Waals surface area contributed by atoms with E-state index in [1.165, 1.54) is 11.8 Å². The Labute approximate surface area is 151 Å². The van der Waals surface area contributed by atoms with Crippen LogP contribution >= 0.6 is 11.8 Å². The normalized spacial score (nSPS) is 11.6. The number of carbonyl (C=O) groups is 2. The average molecular weight is 359 g/mol. The predicted molar refractivity (Wildman–Crippen MR) is 97.9 cm³/mol. The van der Waals surface area contributed by atoms with Crippen molar-refractivity contribution in [1.82, 2.24) is 5.32 Å². The van der Waals surface area contributed by atoms with Gasteiger partial charge >= 0.3 is 5.97 Å². The van der Waals surface area contributed by atoms with Gasteiger partial charge in [0, 0.05) is 4.90 Å². The minimum atomic E-state index is -0.951. The molecule has 2 aromatic rings. The van der Waals surface area contributed by atoms with E-state index in [-0.39, 0.29) is 18.1 Å². The van der Waals surface area contributed by atoms with E-state index >= 15 is 0 Å². The molecule has 0 saturated carbocycles. The first kappa shape index (κ1) is 18.9. The highest BCUT2D eigenvalue weighted by atomic mass is 32.2. The van der Waals surface area contributed by atoms with Crippen LogP contribution < -0.4 is 10.1 Å². The number of thioether (sulfide) groups is 1. The predicted octanol–water partition coefficient (Wildman–Crippen LogP) is 3.51. The van der Waals surface area contributed by atoms with Gasteiger partial charge in [0.15, 0.2) is 0 Å². The lowest BCUT2D eigenvalue weighted by Gasteiger charge is -2.17. The van der Waals surface area contributed by atoms with Gasteiger partial charge < -0.3 is 15.2 Å². The van der Waals surface area contributed by atoms with Crippen LogP contribution in [0.3, 0.4) is 0 Å². The molecule has 0 aliphatic heterocycles. The zero-order valence-electron chi connectivity index (χ0n) is 14.0. The molecule has 0 aromatic heterocycles. The zero-order valence-corrected chi connectivity index (χ0v) is 14.8. The van der Waals surface area contributed by atoms with Gasteiger partial charge in [-0.05, 0) is 36.8 Å². The molecule has 0 aliphatic rings. The summed E-state index contributed by atoms with van der Waals surface area (Å²) in [6.45, 7) is 2.53. The summed E-state index contributed by atoms with van der Waals surface area (Å²) >= 11 is 1.40. The van der Waals surface area contributed by atoms with Crippen LogP contribution in [0.5, 0.6) is 5.75 Å². The molecular formula is C19H21NO4S. The number of rotatable bonds is 9. The van der Waals surface area contributed by atoms with Crippen molar-refractivity contribution in [3.63, 3.8) is 0 Å². The third kappa shape index (κ3) is 6.51. The van der Waals surface area contributed by atoms with Crippen LogP contribution in [-0.4, -0.2) is 29.3 Å². The van der Waals surface area contributed by atoms with Crippen LogP contribution in [0.15, 0.2) is 59.5 Å². The summed E-state index contributed by atoms with van der Waals surface area (Å²) in [5, 5.41) is 11.9. The van der Waals surface area contributed by atoms with Gasteiger partial charge in [0.1, 0.15) is 5.75 Å². The van der Waals surface area contributed by atoms with E-state index in [9.17, 15) is 9.59 Å². The van der Waals surface area contributed by atoms with Crippen molar-refractivity contribution in [2.75, 3.05) is 12.4 Å². The lowest BCUT2D eigenvalue weighted by Crippen LogP contribution is -2.31. The number of ether oxygens (including phenoxy) is 1. The fourth-order valence-corrected chi connectivity index (χ4v) is 3.01. The number of nitrogens with one attached hydrogen (secondary N) is 1. The minimum absolute atomic E-state index is 0.149. The maximum absolute atomic E-state index is 12.2. The number of carboxylic acids is 1. The summed E-state index contributed by atoms with van der Waals surface area (Å²) in [7, 11) is 0. The topological polar surface area (TPSA) is 75.6 Å². The number of carboxylic acid groups (broad SMARTS) is 1. The summed E-state index contributed by atoms with van der Waals surface area (Å²) in [4.78, 5) is 24.2. The van der Waals surface area contributed by atoms with Crippen molar-refractivity contribution in [3.8, 4) is 5.75 Å². The largest absolute Gasteiger partial charge is 0.494 e. The molecule has 2 aromatic carbocycles. The molecule has 0 fully saturated rings. The fraction of sp³-hybridized carbons (Fsp3) is 0.263. The van der Waals surface area contributed by atoms with E-state index in [0.717, 1.165) is 16.2 Å². The van der Waals surface area contributed by atoms with Crippen LogP contribution in [0.1, 0.15) is 24.9 Å². The molecule has 0 aliphatic carbocycles. The molecule has 1 unspecified atom stereocenters. The highest BCUT2D eigenvalue weighted by Crippen LogP contribution is 2.22. The summed E-state index contributed by atoms with van der Waals surface area (Å²) in [6.07, 6.45) is -0.149. The Bertz CT molecular complexity index is 688. The first-order valence-corrected chi connectivity index (χ1v) is 8.98. The number of benzene rings is 2. The molecule has 0 saturated heterocycles. The molecule has 6 heteroatoms. The van der Waals surface area contributed by atoms with Crippen molar-refractivity contribution in [1.29, 1.82) is 0 Å². The van der Waals surface area contributed by atoms with Crippen LogP contribution in [0, 0.1) is 0 Å². The van der Waals surface area contributed by atoms with E-state index in [1.54, 1.807) is 0 Å². The summed E-state index contributed by atoms with van der Waals surface area (Å²) < 4.78 is 5.38. The molecular weight excluding hydrogens is 338 g/mol. The van der Waals surface area contributed by atoms with Gasteiger partial charge in [-0.2, -0.15) is 0 Å². The zero-order chi connectivity index (χ0) is 18.1. The average Bonchev–Trinajstić information content (AvgIpc) is 2.61. The Morgan fingerprint density at radius 2 is 1.80 bits per heavy atom. The summed E-state index contributed by atoms with van der Waals surface area (Å²) in [5.41, 5.74) is 0.782. The molecule has 2 rings (SSSR count). The van der Waals surface area contributed by atoms with E-state index in [4.69, 9.17) is 9.84 Å². The van der Waals surface area contributed by atoms with Crippen molar-refractivity contribution in [3.05, 3.63) is 60.2 Å². The van der Waals surface area contributed by atoms with Gasteiger partial charge in [0.25, 0.3) is 0 Å². The van der Waals surface area contributed by atoms with Gasteiger partial charge in [-0.1, -0.05) is 30.3 Å².